The van der Waals surface area contributed by atoms with Gasteiger partial charge in [-0.3, -0.25) is 9.59 Å². The molecule has 0 aliphatic carbocycles. The lowest BCUT2D eigenvalue weighted by Gasteiger charge is -2.19. The van der Waals surface area contributed by atoms with Crippen LogP contribution >= 0.6 is 11.6 Å². The van der Waals surface area contributed by atoms with Crippen molar-refractivity contribution in [2.75, 3.05) is 18.0 Å². The van der Waals surface area contributed by atoms with E-state index in [2.05, 4.69) is 15.2 Å². The van der Waals surface area contributed by atoms with Crippen molar-refractivity contribution in [3.8, 4) is 0 Å². The molecule has 1 atom stereocenters. The molecular weight excluding hydrogens is 354 g/mol. The maximum Gasteiger partial charge on any atom is 0.305 e. The van der Waals surface area contributed by atoms with Gasteiger partial charge in [0, 0.05) is 24.3 Å². The van der Waals surface area contributed by atoms with Crippen LogP contribution in [-0.2, 0) is 4.79 Å². The monoisotopic (exact) mass is 373 g/mol. The minimum Gasteiger partial charge on any atom is -0.481 e. The summed E-state index contributed by atoms with van der Waals surface area (Å²) in [6.07, 6.45) is 3.57. The van der Waals surface area contributed by atoms with Gasteiger partial charge in [0.05, 0.1) is 18.0 Å². The molecule has 2 aromatic rings. The van der Waals surface area contributed by atoms with E-state index in [4.69, 9.17) is 16.7 Å². The first-order valence-corrected chi connectivity index (χ1v) is 8.90. The van der Waals surface area contributed by atoms with Crippen LogP contribution in [0.2, 0.25) is 5.02 Å². The number of hydrogen-bond donors (Lipinski definition) is 2. The van der Waals surface area contributed by atoms with Gasteiger partial charge in [0.15, 0.2) is 0 Å². The summed E-state index contributed by atoms with van der Waals surface area (Å²) in [5, 5.41) is 12.3. The number of pyridine rings is 1. The number of carboxylic acids is 1. The van der Waals surface area contributed by atoms with E-state index in [1.54, 1.807) is 30.3 Å². The zero-order chi connectivity index (χ0) is 18.5. The van der Waals surface area contributed by atoms with Crippen molar-refractivity contribution < 1.29 is 14.7 Å². The minimum absolute atomic E-state index is 0.255. The summed E-state index contributed by atoms with van der Waals surface area (Å²) < 4.78 is 0. The Hall–Kier alpha value is -2.60. The molecule has 0 radical (unpaired) electrons. The highest BCUT2D eigenvalue weighted by Gasteiger charge is 2.21. The van der Waals surface area contributed by atoms with Gasteiger partial charge in [0.1, 0.15) is 5.82 Å². The number of carbonyl (C=O) groups is 2. The smallest absolute Gasteiger partial charge is 0.305 e. The number of amides is 1. The number of nitrogens with one attached hydrogen (secondary N) is 1. The van der Waals surface area contributed by atoms with Crippen molar-refractivity contribution in [3.63, 3.8) is 0 Å². The molecule has 0 saturated carbocycles. The Bertz CT molecular complexity index is 789. The lowest BCUT2D eigenvalue weighted by atomic mass is 10.0. The van der Waals surface area contributed by atoms with Crippen molar-refractivity contribution in [3.05, 3.63) is 58.7 Å². The van der Waals surface area contributed by atoms with Crippen molar-refractivity contribution in [2.45, 2.75) is 25.3 Å². The van der Waals surface area contributed by atoms with Crippen LogP contribution in [0, 0.1) is 0 Å². The fourth-order valence-corrected chi connectivity index (χ4v) is 3.33. The molecular formula is C19H20ClN3O3. The number of hydrogen-bond acceptors (Lipinski definition) is 4. The largest absolute Gasteiger partial charge is 0.481 e. The Morgan fingerprint density at radius 2 is 1.92 bits per heavy atom. The second kappa shape index (κ2) is 8.19. The molecule has 0 spiro atoms. The maximum absolute atomic E-state index is 12.6. The Labute approximate surface area is 156 Å². The van der Waals surface area contributed by atoms with Gasteiger partial charge in [-0.1, -0.05) is 29.8 Å². The van der Waals surface area contributed by atoms with Crippen LogP contribution in [0.4, 0.5) is 5.82 Å². The summed E-state index contributed by atoms with van der Waals surface area (Å²) in [4.78, 5) is 30.3. The number of anilines is 1. The molecule has 2 N–H and O–H groups in total. The summed E-state index contributed by atoms with van der Waals surface area (Å²) in [5.74, 6) is -0.540. The molecule has 1 fully saturated rings. The molecule has 7 heteroatoms. The molecule has 136 valence electrons. The molecule has 1 aromatic heterocycles. The van der Waals surface area contributed by atoms with Crippen molar-refractivity contribution in [1.29, 1.82) is 0 Å². The Kier molecular flexibility index (Phi) is 5.73. The third kappa shape index (κ3) is 4.32. The number of halogens is 1. The van der Waals surface area contributed by atoms with Gasteiger partial charge in [-0.05, 0) is 36.6 Å². The quantitative estimate of drug-likeness (QED) is 0.811. The van der Waals surface area contributed by atoms with Crippen molar-refractivity contribution in [2.24, 2.45) is 0 Å². The highest BCUT2D eigenvalue weighted by molar-refractivity contribution is 6.31. The van der Waals surface area contributed by atoms with E-state index in [9.17, 15) is 9.59 Å². The molecule has 1 aliphatic heterocycles. The first-order valence-electron chi connectivity index (χ1n) is 8.52. The van der Waals surface area contributed by atoms with Gasteiger partial charge in [0.2, 0.25) is 0 Å². The lowest BCUT2D eigenvalue weighted by molar-refractivity contribution is -0.137. The number of carbonyl (C=O) groups excluding carboxylic acids is 1. The normalized spacial score (nSPS) is 14.9. The third-order valence-electron chi connectivity index (χ3n) is 4.40. The second-order valence-electron chi connectivity index (χ2n) is 6.24. The first-order chi connectivity index (χ1) is 12.5. The molecule has 26 heavy (non-hydrogen) atoms. The van der Waals surface area contributed by atoms with Crippen LogP contribution in [-0.4, -0.2) is 35.1 Å². The van der Waals surface area contributed by atoms with Crippen LogP contribution in [0.5, 0.6) is 0 Å². The molecule has 0 bridgehead atoms. The Morgan fingerprint density at radius 3 is 2.54 bits per heavy atom. The highest BCUT2D eigenvalue weighted by atomic mass is 35.5. The number of rotatable bonds is 6. The molecule has 1 unspecified atom stereocenters. The number of nitrogens with zero attached hydrogens (tertiary/aromatic N) is 2. The van der Waals surface area contributed by atoms with Gasteiger partial charge in [0.25, 0.3) is 5.91 Å². The van der Waals surface area contributed by atoms with Crippen LogP contribution in [0.25, 0.3) is 0 Å². The van der Waals surface area contributed by atoms with Crippen LogP contribution in [0.15, 0.2) is 42.6 Å². The topological polar surface area (TPSA) is 82.5 Å². The zero-order valence-electron chi connectivity index (χ0n) is 14.2. The van der Waals surface area contributed by atoms with E-state index >= 15 is 0 Å². The van der Waals surface area contributed by atoms with Gasteiger partial charge < -0.3 is 15.3 Å². The fourth-order valence-electron chi connectivity index (χ4n) is 3.07. The SMILES string of the molecule is O=C(O)CC(NC(=O)c1ccc(N2CCCC2)nc1)c1ccccc1Cl. The van der Waals surface area contributed by atoms with E-state index in [-0.39, 0.29) is 12.3 Å². The predicted molar refractivity (Wildman–Crippen MR) is 99.6 cm³/mol. The number of aliphatic carboxylic acids is 1. The summed E-state index contributed by atoms with van der Waals surface area (Å²) in [6.45, 7) is 1.96. The van der Waals surface area contributed by atoms with E-state index in [0.29, 0.717) is 16.1 Å². The van der Waals surface area contributed by atoms with E-state index < -0.39 is 12.0 Å². The summed E-state index contributed by atoms with van der Waals surface area (Å²) in [5.41, 5.74) is 0.960. The summed E-state index contributed by atoms with van der Waals surface area (Å²) >= 11 is 6.16. The molecule has 1 saturated heterocycles. The van der Waals surface area contributed by atoms with Crippen LogP contribution in [0.3, 0.4) is 0 Å². The number of aromatic nitrogens is 1. The lowest BCUT2D eigenvalue weighted by Crippen LogP contribution is -2.30. The minimum atomic E-state index is -1.02. The highest BCUT2D eigenvalue weighted by Crippen LogP contribution is 2.25. The van der Waals surface area contributed by atoms with Crippen molar-refractivity contribution in [1.82, 2.24) is 10.3 Å². The van der Waals surface area contributed by atoms with Gasteiger partial charge in [-0.25, -0.2) is 4.98 Å². The average molecular weight is 374 g/mol. The zero-order valence-corrected chi connectivity index (χ0v) is 14.9. The predicted octanol–water partition coefficient (Wildman–Crippen LogP) is 3.28. The maximum atomic E-state index is 12.6. The van der Waals surface area contributed by atoms with Crippen molar-refractivity contribution >= 4 is 29.3 Å². The molecule has 6 nitrogen and oxygen atoms in total. The molecule has 3 rings (SSSR count). The molecule has 1 aromatic carbocycles. The summed E-state index contributed by atoms with van der Waals surface area (Å²) in [6, 6.07) is 9.71. The third-order valence-corrected chi connectivity index (χ3v) is 4.75. The standard InChI is InChI=1S/C19H20ClN3O3/c20-15-6-2-1-5-14(15)16(11-18(24)25)22-19(26)13-7-8-17(21-12-13)23-9-3-4-10-23/h1-2,5-8,12,16H,3-4,9-11H2,(H,22,26)(H,24,25). The van der Waals surface area contributed by atoms with E-state index in [0.717, 1.165) is 31.7 Å². The number of benzene rings is 1. The van der Waals surface area contributed by atoms with Crippen LogP contribution < -0.4 is 10.2 Å². The van der Waals surface area contributed by atoms with Gasteiger partial charge in [-0.2, -0.15) is 0 Å². The Morgan fingerprint density at radius 1 is 1.19 bits per heavy atom. The molecule has 1 amide bonds. The Balaban J connectivity index is 1.75. The van der Waals surface area contributed by atoms with Crippen LogP contribution in [0.1, 0.15) is 41.2 Å². The van der Waals surface area contributed by atoms with Gasteiger partial charge >= 0.3 is 5.97 Å². The average Bonchev–Trinajstić information content (AvgIpc) is 3.16. The summed E-state index contributed by atoms with van der Waals surface area (Å²) in [7, 11) is 0. The van der Waals surface area contributed by atoms with E-state index in [1.165, 1.54) is 6.20 Å². The molecule has 2 heterocycles. The first kappa shape index (κ1) is 18.2. The number of carboxylic acid groups (broad SMARTS) is 1. The van der Waals surface area contributed by atoms with E-state index in [1.807, 2.05) is 6.07 Å². The molecule has 1 aliphatic rings. The van der Waals surface area contributed by atoms with Gasteiger partial charge in [-0.15, -0.1) is 0 Å². The second-order valence-corrected chi connectivity index (χ2v) is 6.65. The fraction of sp³-hybridized carbons (Fsp3) is 0.316.